The van der Waals surface area contributed by atoms with Gasteiger partial charge < -0.3 is 0 Å². The third-order valence-corrected chi connectivity index (χ3v) is 23.2. The molecule has 1 aromatic heterocycles. The van der Waals surface area contributed by atoms with Crippen molar-refractivity contribution in [3.63, 3.8) is 0 Å². The SMILES string of the molecule is c1ccc(N2c3cccc[c]3[Ge]3([c]4ccccc42)[c]2ccccc2C2(c4ccccc4N(c4ccc(-c5ccccn5)cc4)c4ccccc42)c2cccc[c]23)cc1. The quantitative estimate of drug-likeness (QED) is 0.166. The summed E-state index contributed by atoms with van der Waals surface area (Å²) in [4.78, 5) is 9.60. The molecule has 0 radical (unpaired) electrons. The molecule has 4 heteroatoms. The Morgan fingerprint density at radius 1 is 0.328 bits per heavy atom. The summed E-state index contributed by atoms with van der Waals surface area (Å²) in [7, 11) is 0. The fraction of sp³-hybridized carbons (Fsp3) is 0.0185. The van der Waals surface area contributed by atoms with Gasteiger partial charge in [-0.3, -0.25) is 0 Å². The Kier molecular flexibility index (Phi) is 7.32. The predicted molar refractivity (Wildman–Crippen MR) is 242 cm³/mol. The normalized spacial score (nSPS) is 14.8. The minimum absolute atomic E-state index is 0.568. The van der Waals surface area contributed by atoms with E-state index in [1.165, 1.54) is 68.3 Å². The van der Waals surface area contributed by atoms with E-state index in [4.69, 9.17) is 0 Å². The molecule has 0 atom stereocenters. The first kappa shape index (κ1) is 33.2. The first-order chi connectivity index (χ1) is 28.8. The van der Waals surface area contributed by atoms with Gasteiger partial charge >= 0.3 is 325 Å². The molecular weight excluding hydrogens is 763 g/mol. The molecule has 3 aliphatic heterocycles. The maximum atomic E-state index is 4.63. The second kappa shape index (κ2) is 12.8. The van der Waals surface area contributed by atoms with Crippen LogP contribution >= 0.6 is 0 Å². The summed E-state index contributed by atoms with van der Waals surface area (Å²) < 4.78 is 5.91. The van der Waals surface area contributed by atoms with Crippen LogP contribution in [-0.4, -0.2) is 18.3 Å². The monoisotopic (exact) mass is 801 g/mol. The van der Waals surface area contributed by atoms with Crippen LogP contribution in [0.5, 0.6) is 0 Å². The van der Waals surface area contributed by atoms with Gasteiger partial charge in [0.25, 0.3) is 0 Å². The molecule has 9 aromatic rings. The molecule has 0 saturated heterocycles. The molecule has 3 nitrogen and oxygen atoms in total. The molecule has 12 rings (SSSR count). The molecule has 272 valence electrons. The van der Waals surface area contributed by atoms with Crippen LogP contribution in [0.25, 0.3) is 11.3 Å². The van der Waals surface area contributed by atoms with E-state index in [2.05, 4.69) is 221 Å². The number of fused-ring (bicyclic) bond motifs is 14. The average molecular weight is 801 g/mol. The van der Waals surface area contributed by atoms with Crippen LogP contribution in [0.3, 0.4) is 0 Å². The van der Waals surface area contributed by atoms with Gasteiger partial charge in [0.1, 0.15) is 0 Å². The molecule has 0 saturated carbocycles. The van der Waals surface area contributed by atoms with Crippen molar-refractivity contribution >= 4 is 65.0 Å². The molecule has 58 heavy (non-hydrogen) atoms. The molecule has 0 aliphatic carbocycles. The van der Waals surface area contributed by atoms with Gasteiger partial charge in [-0.1, -0.05) is 6.07 Å². The summed E-state index contributed by atoms with van der Waals surface area (Å²) in [5.74, 6) is 0. The average Bonchev–Trinajstić information content (AvgIpc) is 3.31. The van der Waals surface area contributed by atoms with E-state index in [1.54, 1.807) is 0 Å². The van der Waals surface area contributed by atoms with E-state index in [-0.39, 0.29) is 0 Å². The zero-order valence-corrected chi connectivity index (χ0v) is 33.8. The summed E-state index contributed by atoms with van der Waals surface area (Å²) in [5, 5.41) is 0. The van der Waals surface area contributed by atoms with Gasteiger partial charge in [-0.25, -0.2) is 0 Å². The Labute approximate surface area is 341 Å². The number of anilines is 6. The van der Waals surface area contributed by atoms with Crippen LogP contribution in [0, 0.1) is 0 Å². The Bertz CT molecular complexity index is 2890. The summed E-state index contributed by atoms with van der Waals surface area (Å²) in [6.07, 6.45) is 1.86. The van der Waals surface area contributed by atoms with Crippen LogP contribution in [0.15, 0.2) is 225 Å². The second-order valence-corrected chi connectivity index (χ2v) is 23.1. The van der Waals surface area contributed by atoms with Crippen molar-refractivity contribution in [3.05, 3.63) is 247 Å². The standard InChI is InChI=1S/C54H37GeN3/c1-2-18-39(19-3-1)58-52-31-14-10-26-47(52)55(48-27-11-15-32-53(48)58)45-24-8-4-20-41(45)54(42-21-5-9-25-46(42)55)43-22-6-12-29-50(43)57(51-30-13-7-23-44(51)54)40-35-33-38(34-36-40)49-28-16-17-37-56-49/h1-37H. The van der Waals surface area contributed by atoms with Crippen LogP contribution in [0.2, 0.25) is 0 Å². The van der Waals surface area contributed by atoms with Gasteiger partial charge in [0.15, 0.2) is 0 Å². The van der Waals surface area contributed by atoms with Gasteiger partial charge in [-0.15, -0.1) is 0 Å². The number of hydrogen-bond acceptors (Lipinski definition) is 3. The molecule has 0 unspecified atom stereocenters. The maximum absolute atomic E-state index is 4.63. The molecular formula is C54H37GeN3. The summed E-state index contributed by atoms with van der Waals surface area (Å²) >= 11 is -3.79. The summed E-state index contributed by atoms with van der Waals surface area (Å²) in [6.45, 7) is 0. The van der Waals surface area contributed by atoms with Crippen LogP contribution in [0.4, 0.5) is 34.1 Å². The number of rotatable bonds is 3. The molecule has 0 N–H and O–H groups in total. The van der Waals surface area contributed by atoms with Gasteiger partial charge in [0.05, 0.1) is 0 Å². The van der Waals surface area contributed by atoms with Gasteiger partial charge in [-0.05, 0) is 6.07 Å². The third kappa shape index (κ3) is 4.37. The Hall–Kier alpha value is -6.95. The van der Waals surface area contributed by atoms with E-state index < -0.39 is 18.7 Å². The third-order valence-electron chi connectivity index (χ3n) is 12.8. The molecule has 0 amide bonds. The van der Waals surface area contributed by atoms with E-state index in [0.29, 0.717) is 0 Å². The molecule has 0 bridgehead atoms. The second-order valence-electron chi connectivity index (χ2n) is 15.4. The van der Waals surface area contributed by atoms with Crippen molar-refractivity contribution in [2.45, 2.75) is 5.41 Å². The zero-order valence-electron chi connectivity index (χ0n) is 31.7. The summed E-state index contributed by atoms with van der Waals surface area (Å²) in [5.41, 5.74) is 14.1. The molecule has 2 spiro atoms. The van der Waals surface area contributed by atoms with Crippen LogP contribution < -0.4 is 27.4 Å². The fourth-order valence-electron chi connectivity index (χ4n) is 10.7. The van der Waals surface area contributed by atoms with Crippen LogP contribution in [0.1, 0.15) is 22.3 Å². The molecule has 0 fully saturated rings. The number of para-hydroxylation sites is 5. The van der Waals surface area contributed by atoms with Gasteiger partial charge in [0, 0.05) is 6.20 Å². The fourth-order valence-corrected chi connectivity index (χ4v) is 22.5. The van der Waals surface area contributed by atoms with Crippen molar-refractivity contribution in [2.75, 3.05) is 9.80 Å². The zero-order chi connectivity index (χ0) is 38.3. The van der Waals surface area contributed by atoms with Crippen molar-refractivity contribution in [2.24, 2.45) is 0 Å². The first-order valence-electron chi connectivity index (χ1n) is 20.1. The predicted octanol–water partition coefficient (Wildman–Crippen LogP) is 10.4. The van der Waals surface area contributed by atoms with Crippen molar-refractivity contribution < 1.29 is 0 Å². The first-order valence-corrected chi connectivity index (χ1v) is 24.3. The number of aromatic nitrogens is 1. The number of nitrogens with zero attached hydrogens (tertiary/aromatic N) is 3. The minimum atomic E-state index is -3.79. The molecule has 3 aliphatic rings. The van der Waals surface area contributed by atoms with Crippen molar-refractivity contribution in [1.82, 2.24) is 4.98 Å². The van der Waals surface area contributed by atoms with Crippen LogP contribution in [-0.2, 0) is 5.41 Å². The van der Waals surface area contributed by atoms with E-state index in [0.717, 1.165) is 16.9 Å². The number of hydrogen-bond donors (Lipinski definition) is 0. The number of benzene rings is 8. The van der Waals surface area contributed by atoms with Crippen molar-refractivity contribution in [1.29, 1.82) is 0 Å². The van der Waals surface area contributed by atoms with E-state index in [9.17, 15) is 0 Å². The molecule has 4 heterocycles. The van der Waals surface area contributed by atoms with Gasteiger partial charge in [-0.2, -0.15) is 0 Å². The number of pyridine rings is 1. The summed E-state index contributed by atoms with van der Waals surface area (Å²) in [6, 6.07) is 81.7. The van der Waals surface area contributed by atoms with Crippen molar-refractivity contribution in [3.8, 4) is 11.3 Å². The molecule has 8 aromatic carbocycles. The van der Waals surface area contributed by atoms with E-state index >= 15 is 0 Å². The Morgan fingerprint density at radius 3 is 1.28 bits per heavy atom. The topological polar surface area (TPSA) is 19.4 Å². The van der Waals surface area contributed by atoms with Gasteiger partial charge in [0.2, 0.25) is 0 Å². The van der Waals surface area contributed by atoms with E-state index in [1.807, 2.05) is 18.3 Å². The Morgan fingerprint density at radius 2 is 0.741 bits per heavy atom. The Balaban J connectivity index is 1.17.